The van der Waals surface area contributed by atoms with Gasteiger partial charge < -0.3 is 20.5 Å². The van der Waals surface area contributed by atoms with Crippen molar-refractivity contribution in [2.24, 2.45) is 0 Å². The van der Waals surface area contributed by atoms with Crippen LogP contribution in [-0.2, 0) is 32.0 Å². The van der Waals surface area contributed by atoms with Crippen LogP contribution in [0, 0.1) is 0 Å². The summed E-state index contributed by atoms with van der Waals surface area (Å²) in [6.45, 7) is 0.432. The van der Waals surface area contributed by atoms with Crippen molar-refractivity contribution >= 4 is 17.8 Å². The molecule has 0 spiro atoms. The Bertz CT molecular complexity index is 825. The first kappa shape index (κ1) is 19.6. The molecule has 0 saturated carbocycles. The van der Waals surface area contributed by atoms with Crippen LogP contribution in [0.2, 0.25) is 0 Å². The highest BCUT2D eigenvalue weighted by Crippen LogP contribution is 2.22. The van der Waals surface area contributed by atoms with Gasteiger partial charge in [0.15, 0.2) is 12.2 Å². The molecule has 28 heavy (non-hydrogen) atoms. The van der Waals surface area contributed by atoms with Crippen LogP contribution in [0.15, 0.2) is 60.7 Å². The first-order valence-corrected chi connectivity index (χ1v) is 9.09. The van der Waals surface area contributed by atoms with Gasteiger partial charge in [-0.3, -0.25) is 9.59 Å². The molecule has 3 N–H and O–H groups in total. The number of hydrogen-bond donors (Lipinski definition) is 3. The molecule has 0 aliphatic carbocycles. The van der Waals surface area contributed by atoms with E-state index in [4.69, 9.17) is 9.84 Å². The highest BCUT2D eigenvalue weighted by molar-refractivity contribution is 5.95. The lowest BCUT2D eigenvalue weighted by Crippen LogP contribution is -2.50. The number of hydrogen-bond acceptors (Lipinski definition) is 4. The number of amides is 2. The van der Waals surface area contributed by atoms with Crippen LogP contribution >= 0.6 is 0 Å². The van der Waals surface area contributed by atoms with Crippen LogP contribution < -0.4 is 10.6 Å². The van der Waals surface area contributed by atoms with E-state index in [1.165, 1.54) is 0 Å². The average molecular weight is 382 g/mol. The van der Waals surface area contributed by atoms with E-state index in [2.05, 4.69) is 10.6 Å². The van der Waals surface area contributed by atoms with Gasteiger partial charge in [0.1, 0.15) is 6.04 Å². The van der Waals surface area contributed by atoms with Gasteiger partial charge >= 0.3 is 5.97 Å². The van der Waals surface area contributed by atoms with Gasteiger partial charge in [-0.05, 0) is 17.5 Å². The number of carbonyl (C=O) groups excluding carboxylic acids is 2. The number of benzene rings is 2. The van der Waals surface area contributed by atoms with Gasteiger partial charge in [0, 0.05) is 13.0 Å². The lowest BCUT2D eigenvalue weighted by Gasteiger charge is -2.18. The number of nitrogens with one attached hydrogen (secondary N) is 2. The Morgan fingerprint density at radius 2 is 1.54 bits per heavy atom. The van der Waals surface area contributed by atoms with Crippen molar-refractivity contribution in [1.82, 2.24) is 10.6 Å². The first-order chi connectivity index (χ1) is 13.5. The molecule has 0 radical (unpaired) electrons. The van der Waals surface area contributed by atoms with Crippen molar-refractivity contribution < 1.29 is 24.2 Å². The molecule has 2 aromatic carbocycles. The molecule has 0 bridgehead atoms. The first-order valence-electron chi connectivity index (χ1n) is 9.09. The lowest BCUT2D eigenvalue weighted by atomic mass is 10.0. The maximum atomic E-state index is 12.6. The van der Waals surface area contributed by atoms with Crippen molar-refractivity contribution in [1.29, 1.82) is 0 Å². The van der Waals surface area contributed by atoms with Gasteiger partial charge in [-0.25, -0.2) is 4.79 Å². The summed E-state index contributed by atoms with van der Waals surface area (Å²) in [5.74, 6) is -2.10. The molecule has 0 aromatic heterocycles. The molecule has 3 atom stereocenters. The quantitative estimate of drug-likeness (QED) is 0.559. The van der Waals surface area contributed by atoms with Gasteiger partial charge in [0.25, 0.3) is 5.91 Å². The molecule has 1 saturated heterocycles. The fraction of sp³-hybridized carbons (Fsp3) is 0.286. The largest absolute Gasteiger partial charge is 0.479 e. The Labute approximate surface area is 162 Å². The van der Waals surface area contributed by atoms with Crippen molar-refractivity contribution in [3.8, 4) is 0 Å². The molecule has 7 nitrogen and oxygen atoms in total. The number of rotatable bonds is 9. The molecular weight excluding hydrogens is 360 g/mol. The third-order valence-corrected chi connectivity index (χ3v) is 4.46. The zero-order valence-corrected chi connectivity index (χ0v) is 15.2. The Hall–Kier alpha value is -3.19. The number of ether oxygens (including phenoxy) is 1. The second kappa shape index (κ2) is 9.14. The minimum atomic E-state index is -1.19. The zero-order chi connectivity index (χ0) is 19.9. The number of carboxylic acid groups (broad SMARTS) is 1. The summed E-state index contributed by atoms with van der Waals surface area (Å²) in [4.78, 5) is 35.8. The molecule has 1 aliphatic heterocycles. The fourth-order valence-corrected chi connectivity index (χ4v) is 2.91. The van der Waals surface area contributed by atoms with Gasteiger partial charge in [-0.15, -0.1) is 0 Å². The summed E-state index contributed by atoms with van der Waals surface area (Å²) >= 11 is 0. The van der Waals surface area contributed by atoms with E-state index < -0.39 is 30.1 Å². The number of carboxylic acids is 1. The summed E-state index contributed by atoms with van der Waals surface area (Å²) in [5, 5.41) is 14.4. The van der Waals surface area contributed by atoms with Gasteiger partial charge in [-0.2, -0.15) is 0 Å². The summed E-state index contributed by atoms with van der Waals surface area (Å²) < 4.78 is 4.87. The van der Waals surface area contributed by atoms with Crippen molar-refractivity contribution in [2.75, 3.05) is 6.54 Å². The summed E-state index contributed by atoms with van der Waals surface area (Å²) in [5.41, 5.74) is 1.99. The van der Waals surface area contributed by atoms with E-state index >= 15 is 0 Å². The van der Waals surface area contributed by atoms with E-state index in [1.54, 1.807) is 0 Å². The van der Waals surface area contributed by atoms with E-state index in [0.29, 0.717) is 19.4 Å². The Morgan fingerprint density at radius 3 is 2.11 bits per heavy atom. The molecule has 1 aliphatic rings. The molecule has 3 rings (SSSR count). The van der Waals surface area contributed by atoms with E-state index in [-0.39, 0.29) is 5.91 Å². The van der Waals surface area contributed by atoms with Crippen LogP contribution in [0.3, 0.4) is 0 Å². The van der Waals surface area contributed by atoms with Gasteiger partial charge in [0.2, 0.25) is 5.91 Å². The predicted molar refractivity (Wildman–Crippen MR) is 102 cm³/mol. The highest BCUT2D eigenvalue weighted by Gasteiger charge is 2.51. The molecule has 146 valence electrons. The van der Waals surface area contributed by atoms with Gasteiger partial charge in [-0.1, -0.05) is 60.7 Å². The maximum Gasteiger partial charge on any atom is 0.336 e. The second-order valence-corrected chi connectivity index (χ2v) is 6.59. The molecule has 0 unspecified atom stereocenters. The minimum Gasteiger partial charge on any atom is -0.479 e. The van der Waals surface area contributed by atoms with Gasteiger partial charge in [0.05, 0.1) is 0 Å². The standard InChI is InChI=1S/C21H22N2O5/c24-19(22-12-11-14-7-3-1-4-8-14)16(13-15-9-5-2-6-10-15)23-20(25)17-18(28-17)21(26)27/h1-10,16-18H,11-13H2,(H,22,24)(H,23,25)(H,26,27)/t16-,17+,18+/m1/s1. The van der Waals surface area contributed by atoms with E-state index in [9.17, 15) is 14.4 Å². The Balaban J connectivity index is 1.59. The second-order valence-electron chi connectivity index (χ2n) is 6.59. The smallest absolute Gasteiger partial charge is 0.336 e. The van der Waals surface area contributed by atoms with Crippen LogP contribution in [-0.4, -0.2) is 47.7 Å². The van der Waals surface area contributed by atoms with Crippen LogP contribution in [0.25, 0.3) is 0 Å². The maximum absolute atomic E-state index is 12.6. The summed E-state index contributed by atoms with van der Waals surface area (Å²) in [7, 11) is 0. The van der Waals surface area contributed by atoms with Crippen molar-refractivity contribution in [3.63, 3.8) is 0 Å². The van der Waals surface area contributed by atoms with Crippen molar-refractivity contribution in [3.05, 3.63) is 71.8 Å². The third kappa shape index (κ3) is 5.40. The topological polar surface area (TPSA) is 108 Å². The van der Waals surface area contributed by atoms with E-state index in [1.807, 2.05) is 60.7 Å². The fourth-order valence-electron chi connectivity index (χ4n) is 2.91. The molecule has 1 fully saturated rings. The minimum absolute atomic E-state index is 0.300. The third-order valence-electron chi connectivity index (χ3n) is 4.46. The highest BCUT2D eigenvalue weighted by atomic mass is 16.6. The van der Waals surface area contributed by atoms with Crippen LogP contribution in [0.4, 0.5) is 0 Å². The number of aliphatic carboxylic acids is 1. The Kier molecular flexibility index (Phi) is 6.39. The van der Waals surface area contributed by atoms with E-state index in [0.717, 1.165) is 11.1 Å². The molecule has 2 aromatic rings. The lowest BCUT2D eigenvalue weighted by molar-refractivity contribution is -0.138. The van der Waals surface area contributed by atoms with Crippen molar-refractivity contribution in [2.45, 2.75) is 31.1 Å². The predicted octanol–water partition coefficient (Wildman–Crippen LogP) is 0.925. The van der Waals surface area contributed by atoms with Crippen LogP contribution in [0.1, 0.15) is 11.1 Å². The molecule has 7 heteroatoms. The summed E-state index contributed by atoms with van der Waals surface area (Å²) in [6.07, 6.45) is -1.22. The van der Waals surface area contributed by atoms with Crippen LogP contribution in [0.5, 0.6) is 0 Å². The Morgan fingerprint density at radius 1 is 0.929 bits per heavy atom. The average Bonchev–Trinajstić information content (AvgIpc) is 3.50. The monoisotopic (exact) mass is 382 g/mol. The zero-order valence-electron chi connectivity index (χ0n) is 15.2. The molecular formula is C21H22N2O5. The summed E-state index contributed by atoms with van der Waals surface area (Å²) in [6, 6.07) is 18.2. The molecule has 2 amide bonds. The molecule has 1 heterocycles. The SMILES string of the molecule is O=C(O)[C@H]1O[C@@H]1C(=O)N[C@H](Cc1ccccc1)C(=O)NCCc1ccccc1. The number of carbonyl (C=O) groups is 3. The number of epoxide rings is 1. The normalized spacial score (nSPS) is 18.7.